The van der Waals surface area contributed by atoms with Crippen LogP contribution in [-0.4, -0.2) is 4.87 Å². The van der Waals surface area contributed by atoms with Gasteiger partial charge in [-0.1, -0.05) is 0 Å². The van der Waals surface area contributed by atoms with Crippen LogP contribution in [0, 0.1) is 5.92 Å². The molecule has 0 aromatic heterocycles. The summed E-state index contributed by atoms with van der Waals surface area (Å²) >= 11 is 6.30. The molecule has 0 aromatic carbocycles. The maximum atomic E-state index is 6.30. The second-order valence-corrected chi connectivity index (χ2v) is 4.43. The Bertz CT molecular complexity index is 101. The first-order valence-corrected chi connectivity index (χ1v) is 4.35. The fraction of sp³-hybridized carbons (Fsp3) is 1.00. The molecule has 3 aliphatic carbocycles. The van der Waals surface area contributed by atoms with E-state index in [-0.39, 0.29) is 17.3 Å². The standard InChI is InChI=1S/C8H13Cl.ClH/c9-8-4-1-7(2-5-8)3-6-8;/h7H,1-6H2;1H. The first-order valence-electron chi connectivity index (χ1n) is 3.97. The van der Waals surface area contributed by atoms with Gasteiger partial charge in [-0.15, -0.1) is 24.0 Å². The maximum absolute atomic E-state index is 6.30. The molecule has 3 rings (SSSR count). The SMILES string of the molecule is Cl.ClC12CCC(CC1)CC2. The number of hydrogen-bond donors (Lipinski definition) is 0. The summed E-state index contributed by atoms with van der Waals surface area (Å²) in [7, 11) is 0. The van der Waals surface area contributed by atoms with Crippen LogP contribution in [0.4, 0.5) is 0 Å². The van der Waals surface area contributed by atoms with Crippen molar-refractivity contribution in [2.45, 2.75) is 43.4 Å². The predicted octanol–water partition coefficient (Wildman–Crippen LogP) is 3.37. The molecule has 0 heterocycles. The summed E-state index contributed by atoms with van der Waals surface area (Å²) in [5.74, 6) is 1.05. The lowest BCUT2D eigenvalue weighted by Gasteiger charge is -2.42. The van der Waals surface area contributed by atoms with Gasteiger partial charge in [-0.05, 0) is 44.4 Å². The highest BCUT2D eigenvalue weighted by atomic mass is 35.5. The van der Waals surface area contributed by atoms with Crippen molar-refractivity contribution in [1.82, 2.24) is 0 Å². The van der Waals surface area contributed by atoms with Crippen LogP contribution in [0.15, 0.2) is 0 Å². The van der Waals surface area contributed by atoms with Crippen LogP contribution < -0.4 is 0 Å². The number of hydrogen-bond acceptors (Lipinski definition) is 0. The minimum Gasteiger partial charge on any atom is -0.147 e. The quantitative estimate of drug-likeness (QED) is 0.502. The summed E-state index contributed by atoms with van der Waals surface area (Å²) in [4.78, 5) is 0.259. The Balaban J connectivity index is 0.000000500. The molecule has 0 atom stereocenters. The van der Waals surface area contributed by atoms with E-state index < -0.39 is 0 Å². The van der Waals surface area contributed by atoms with E-state index >= 15 is 0 Å². The lowest BCUT2D eigenvalue weighted by atomic mass is 9.70. The van der Waals surface area contributed by atoms with Crippen molar-refractivity contribution >= 4 is 24.0 Å². The summed E-state index contributed by atoms with van der Waals surface area (Å²) in [6.45, 7) is 0. The van der Waals surface area contributed by atoms with Crippen molar-refractivity contribution in [1.29, 1.82) is 0 Å². The van der Waals surface area contributed by atoms with E-state index in [1.807, 2.05) is 0 Å². The van der Waals surface area contributed by atoms with E-state index in [0.29, 0.717) is 0 Å². The topological polar surface area (TPSA) is 0 Å². The molecule has 0 spiro atoms. The molecule has 0 unspecified atom stereocenters. The average molecular weight is 181 g/mol. The van der Waals surface area contributed by atoms with E-state index in [9.17, 15) is 0 Å². The number of halogens is 2. The zero-order valence-electron chi connectivity index (χ0n) is 6.11. The third kappa shape index (κ3) is 1.43. The molecule has 10 heavy (non-hydrogen) atoms. The lowest BCUT2D eigenvalue weighted by Crippen LogP contribution is -2.34. The third-order valence-corrected chi connectivity index (χ3v) is 3.57. The fourth-order valence-corrected chi connectivity index (χ4v) is 2.52. The Morgan fingerprint density at radius 1 is 1.00 bits per heavy atom. The average Bonchev–Trinajstić information content (AvgIpc) is 1.90. The highest BCUT2D eigenvalue weighted by molar-refractivity contribution is 6.24. The van der Waals surface area contributed by atoms with Gasteiger partial charge in [0.1, 0.15) is 0 Å². The van der Waals surface area contributed by atoms with E-state index in [1.54, 1.807) is 0 Å². The maximum Gasteiger partial charge on any atom is 0.0447 e. The van der Waals surface area contributed by atoms with E-state index in [0.717, 1.165) is 5.92 Å². The zero-order valence-corrected chi connectivity index (χ0v) is 7.68. The number of fused-ring (bicyclic) bond motifs is 3. The molecule has 0 aromatic rings. The first-order chi connectivity index (χ1) is 4.29. The van der Waals surface area contributed by atoms with Crippen molar-refractivity contribution in [3.05, 3.63) is 0 Å². The van der Waals surface area contributed by atoms with Gasteiger partial charge in [-0.3, -0.25) is 0 Å². The van der Waals surface area contributed by atoms with Crippen molar-refractivity contribution in [3.63, 3.8) is 0 Å². The third-order valence-electron chi connectivity index (χ3n) is 3.00. The van der Waals surface area contributed by atoms with Gasteiger partial charge in [0.05, 0.1) is 0 Å². The minimum absolute atomic E-state index is 0. The second-order valence-electron chi connectivity index (χ2n) is 3.63. The van der Waals surface area contributed by atoms with Gasteiger partial charge in [0.25, 0.3) is 0 Å². The monoisotopic (exact) mass is 180 g/mol. The molecular weight excluding hydrogens is 167 g/mol. The molecular formula is C8H14Cl2. The van der Waals surface area contributed by atoms with Crippen LogP contribution in [0.3, 0.4) is 0 Å². The second kappa shape index (κ2) is 2.91. The summed E-state index contributed by atoms with van der Waals surface area (Å²) in [5.41, 5.74) is 0. The molecule has 0 radical (unpaired) electrons. The first kappa shape index (κ1) is 8.67. The van der Waals surface area contributed by atoms with E-state index in [1.165, 1.54) is 38.5 Å². The number of alkyl halides is 1. The molecule has 60 valence electrons. The Labute approximate surface area is 73.7 Å². The molecule has 0 nitrogen and oxygen atoms in total. The van der Waals surface area contributed by atoms with Gasteiger partial charge in [-0.25, -0.2) is 0 Å². The Hall–Kier alpha value is 0.580. The van der Waals surface area contributed by atoms with E-state index in [4.69, 9.17) is 11.6 Å². The predicted molar refractivity (Wildman–Crippen MR) is 47.0 cm³/mol. The van der Waals surface area contributed by atoms with Gasteiger partial charge < -0.3 is 0 Å². The van der Waals surface area contributed by atoms with Gasteiger partial charge in [-0.2, -0.15) is 0 Å². The zero-order chi connectivity index (χ0) is 6.32. The lowest BCUT2D eigenvalue weighted by molar-refractivity contribution is 0.197. The Morgan fingerprint density at radius 2 is 1.40 bits per heavy atom. The molecule has 0 N–H and O–H groups in total. The van der Waals surface area contributed by atoms with Crippen LogP contribution in [0.5, 0.6) is 0 Å². The van der Waals surface area contributed by atoms with Crippen molar-refractivity contribution in [2.75, 3.05) is 0 Å². The minimum atomic E-state index is 0. The van der Waals surface area contributed by atoms with Crippen molar-refractivity contribution in [3.8, 4) is 0 Å². The molecule has 2 heteroatoms. The Kier molecular flexibility index (Phi) is 2.52. The fourth-order valence-electron chi connectivity index (χ4n) is 2.20. The van der Waals surface area contributed by atoms with Crippen molar-refractivity contribution < 1.29 is 0 Å². The van der Waals surface area contributed by atoms with Crippen molar-refractivity contribution in [2.24, 2.45) is 5.92 Å². The van der Waals surface area contributed by atoms with Gasteiger partial charge in [0, 0.05) is 4.87 Å². The largest absolute Gasteiger partial charge is 0.147 e. The molecule has 0 amide bonds. The summed E-state index contributed by atoms with van der Waals surface area (Å²) in [6, 6.07) is 0. The van der Waals surface area contributed by atoms with Crippen LogP contribution in [0.2, 0.25) is 0 Å². The van der Waals surface area contributed by atoms with Crippen LogP contribution >= 0.6 is 24.0 Å². The Morgan fingerprint density at radius 3 is 1.60 bits per heavy atom. The molecule has 0 aliphatic heterocycles. The summed E-state index contributed by atoms with van der Waals surface area (Å²) in [5, 5.41) is 0. The highest BCUT2D eigenvalue weighted by Crippen LogP contribution is 2.47. The van der Waals surface area contributed by atoms with Gasteiger partial charge >= 0.3 is 0 Å². The summed E-state index contributed by atoms with van der Waals surface area (Å²) < 4.78 is 0. The van der Waals surface area contributed by atoms with Gasteiger partial charge in [0.15, 0.2) is 0 Å². The normalized spacial score (nSPS) is 44.7. The van der Waals surface area contributed by atoms with Crippen LogP contribution in [0.25, 0.3) is 0 Å². The molecule has 3 fully saturated rings. The molecule has 3 saturated carbocycles. The smallest absolute Gasteiger partial charge is 0.0447 e. The molecule has 0 saturated heterocycles. The summed E-state index contributed by atoms with van der Waals surface area (Å²) in [6.07, 6.45) is 8.09. The number of rotatable bonds is 0. The highest BCUT2D eigenvalue weighted by Gasteiger charge is 2.38. The van der Waals surface area contributed by atoms with Crippen LogP contribution in [-0.2, 0) is 0 Å². The van der Waals surface area contributed by atoms with Crippen LogP contribution in [0.1, 0.15) is 38.5 Å². The molecule has 2 bridgehead atoms. The molecule has 3 aliphatic rings. The van der Waals surface area contributed by atoms with E-state index in [2.05, 4.69) is 0 Å². The van der Waals surface area contributed by atoms with Gasteiger partial charge in [0.2, 0.25) is 0 Å².